The van der Waals surface area contributed by atoms with Crippen molar-refractivity contribution in [3.05, 3.63) is 34.9 Å². The lowest BCUT2D eigenvalue weighted by molar-refractivity contribution is 0.171. The summed E-state index contributed by atoms with van der Waals surface area (Å²) in [5, 5.41) is 0.817. The van der Waals surface area contributed by atoms with Crippen LogP contribution in [0.1, 0.15) is 31.4 Å². The molecule has 94 valence electrons. The SMILES string of the molecule is CC(C1CC1)N(C)C(CN)c1ccccc1Cl. The monoisotopic (exact) mass is 252 g/mol. The van der Waals surface area contributed by atoms with Gasteiger partial charge in [0.1, 0.15) is 0 Å². The van der Waals surface area contributed by atoms with Crippen LogP contribution in [0.25, 0.3) is 0 Å². The zero-order valence-electron chi connectivity index (χ0n) is 10.6. The summed E-state index contributed by atoms with van der Waals surface area (Å²) in [6.45, 7) is 2.90. The first-order chi connectivity index (χ1) is 8.15. The van der Waals surface area contributed by atoms with Crippen molar-refractivity contribution in [1.82, 2.24) is 4.90 Å². The summed E-state index contributed by atoms with van der Waals surface area (Å²) in [5.74, 6) is 0.844. The Morgan fingerprint density at radius 3 is 2.59 bits per heavy atom. The molecule has 0 bridgehead atoms. The molecule has 1 aliphatic rings. The van der Waals surface area contributed by atoms with E-state index in [1.54, 1.807) is 0 Å². The van der Waals surface area contributed by atoms with Gasteiger partial charge in [0, 0.05) is 23.7 Å². The van der Waals surface area contributed by atoms with Crippen LogP contribution in [0.2, 0.25) is 5.02 Å². The average molecular weight is 253 g/mol. The van der Waals surface area contributed by atoms with Gasteiger partial charge in [-0.05, 0) is 44.4 Å². The van der Waals surface area contributed by atoms with Crippen molar-refractivity contribution in [3.8, 4) is 0 Å². The first kappa shape index (κ1) is 12.9. The number of hydrogen-bond acceptors (Lipinski definition) is 2. The van der Waals surface area contributed by atoms with Crippen LogP contribution in [0.4, 0.5) is 0 Å². The van der Waals surface area contributed by atoms with Crippen LogP contribution in [0.3, 0.4) is 0 Å². The van der Waals surface area contributed by atoms with Crippen LogP contribution in [-0.4, -0.2) is 24.5 Å². The van der Waals surface area contributed by atoms with Gasteiger partial charge in [0.25, 0.3) is 0 Å². The molecule has 0 amide bonds. The second kappa shape index (κ2) is 5.38. The van der Waals surface area contributed by atoms with Crippen LogP contribution in [0.15, 0.2) is 24.3 Å². The highest BCUT2D eigenvalue weighted by molar-refractivity contribution is 6.31. The van der Waals surface area contributed by atoms with Crippen molar-refractivity contribution in [1.29, 1.82) is 0 Å². The lowest BCUT2D eigenvalue weighted by Gasteiger charge is -2.33. The van der Waals surface area contributed by atoms with E-state index in [4.69, 9.17) is 17.3 Å². The maximum absolute atomic E-state index is 6.26. The summed E-state index contributed by atoms with van der Waals surface area (Å²) in [5.41, 5.74) is 7.08. The summed E-state index contributed by atoms with van der Waals surface area (Å²) in [4.78, 5) is 2.37. The molecule has 2 nitrogen and oxygen atoms in total. The van der Waals surface area contributed by atoms with Crippen molar-refractivity contribution in [3.63, 3.8) is 0 Å². The van der Waals surface area contributed by atoms with Gasteiger partial charge in [-0.1, -0.05) is 29.8 Å². The van der Waals surface area contributed by atoms with Gasteiger partial charge >= 0.3 is 0 Å². The van der Waals surface area contributed by atoms with Crippen molar-refractivity contribution in [2.24, 2.45) is 11.7 Å². The minimum absolute atomic E-state index is 0.222. The molecular formula is C14H21ClN2. The van der Waals surface area contributed by atoms with Crippen LogP contribution >= 0.6 is 11.6 Å². The van der Waals surface area contributed by atoms with Gasteiger partial charge in [0.05, 0.1) is 0 Å². The molecule has 1 aromatic carbocycles. The quantitative estimate of drug-likeness (QED) is 0.873. The van der Waals surface area contributed by atoms with Gasteiger partial charge in [-0.3, -0.25) is 4.90 Å². The topological polar surface area (TPSA) is 29.3 Å². The van der Waals surface area contributed by atoms with Gasteiger partial charge in [-0.15, -0.1) is 0 Å². The van der Waals surface area contributed by atoms with Crippen LogP contribution in [0.5, 0.6) is 0 Å². The van der Waals surface area contributed by atoms with Gasteiger partial charge in [0.2, 0.25) is 0 Å². The molecule has 1 aromatic rings. The summed E-state index contributed by atoms with van der Waals surface area (Å²) in [7, 11) is 2.16. The van der Waals surface area contributed by atoms with Gasteiger partial charge in [-0.25, -0.2) is 0 Å². The molecule has 17 heavy (non-hydrogen) atoms. The van der Waals surface area contributed by atoms with Crippen LogP contribution in [0, 0.1) is 5.92 Å². The Kier molecular flexibility index (Phi) is 4.08. The lowest BCUT2D eigenvalue weighted by Crippen LogP contribution is -2.38. The molecule has 2 atom stereocenters. The zero-order valence-corrected chi connectivity index (χ0v) is 11.3. The van der Waals surface area contributed by atoms with Crippen LogP contribution < -0.4 is 5.73 Å². The van der Waals surface area contributed by atoms with Gasteiger partial charge in [0.15, 0.2) is 0 Å². The largest absolute Gasteiger partial charge is 0.329 e. The molecule has 2 rings (SSSR count). The van der Waals surface area contributed by atoms with E-state index in [2.05, 4.69) is 24.9 Å². The summed E-state index contributed by atoms with van der Waals surface area (Å²) in [6, 6.07) is 8.81. The smallest absolute Gasteiger partial charge is 0.0485 e. The second-order valence-electron chi connectivity index (χ2n) is 5.02. The van der Waals surface area contributed by atoms with E-state index in [1.807, 2.05) is 18.2 Å². The van der Waals surface area contributed by atoms with E-state index in [0.717, 1.165) is 16.5 Å². The molecule has 0 heterocycles. The number of likely N-dealkylation sites (N-methyl/N-ethyl adjacent to an activating group) is 1. The zero-order chi connectivity index (χ0) is 12.4. The van der Waals surface area contributed by atoms with Crippen molar-refractivity contribution in [2.45, 2.75) is 31.8 Å². The van der Waals surface area contributed by atoms with E-state index in [1.165, 1.54) is 12.8 Å². The van der Waals surface area contributed by atoms with E-state index in [0.29, 0.717) is 12.6 Å². The molecule has 3 heteroatoms. The molecule has 0 aromatic heterocycles. The number of nitrogens with two attached hydrogens (primary N) is 1. The molecule has 0 saturated heterocycles. The summed E-state index contributed by atoms with van der Waals surface area (Å²) < 4.78 is 0. The van der Waals surface area contributed by atoms with Crippen LogP contribution in [-0.2, 0) is 0 Å². The first-order valence-electron chi connectivity index (χ1n) is 6.31. The van der Waals surface area contributed by atoms with E-state index >= 15 is 0 Å². The number of halogens is 1. The third-order valence-corrected chi connectivity index (χ3v) is 4.27. The molecule has 2 N–H and O–H groups in total. The molecule has 1 fully saturated rings. The summed E-state index contributed by atoms with van der Waals surface area (Å²) in [6.07, 6.45) is 2.70. The third kappa shape index (κ3) is 2.82. The Balaban J connectivity index is 2.17. The van der Waals surface area contributed by atoms with E-state index < -0.39 is 0 Å². The fourth-order valence-electron chi connectivity index (χ4n) is 2.45. The minimum Gasteiger partial charge on any atom is -0.329 e. The molecule has 2 unspecified atom stereocenters. The third-order valence-electron chi connectivity index (χ3n) is 3.93. The molecule has 1 aliphatic carbocycles. The standard InChI is InChI=1S/C14H21ClN2/c1-10(11-7-8-11)17(2)14(9-16)12-5-3-4-6-13(12)15/h3-6,10-11,14H,7-9,16H2,1-2H3. The van der Waals surface area contributed by atoms with E-state index in [9.17, 15) is 0 Å². The van der Waals surface area contributed by atoms with Crippen molar-refractivity contribution in [2.75, 3.05) is 13.6 Å². The predicted octanol–water partition coefficient (Wildman–Crippen LogP) is 3.07. The lowest BCUT2D eigenvalue weighted by atomic mass is 10.0. The summed E-state index contributed by atoms with van der Waals surface area (Å²) >= 11 is 6.26. The van der Waals surface area contributed by atoms with E-state index in [-0.39, 0.29) is 6.04 Å². The fourth-order valence-corrected chi connectivity index (χ4v) is 2.71. The number of nitrogens with zero attached hydrogens (tertiary/aromatic N) is 1. The highest BCUT2D eigenvalue weighted by atomic mass is 35.5. The number of hydrogen-bond donors (Lipinski definition) is 1. The fraction of sp³-hybridized carbons (Fsp3) is 0.571. The predicted molar refractivity (Wildman–Crippen MR) is 73.2 cm³/mol. The molecule has 0 spiro atoms. The Hall–Kier alpha value is -0.570. The maximum atomic E-state index is 6.26. The highest BCUT2D eigenvalue weighted by Gasteiger charge is 2.33. The minimum atomic E-state index is 0.222. The normalized spacial score (nSPS) is 19.4. The van der Waals surface area contributed by atoms with Crippen molar-refractivity contribution >= 4 is 11.6 Å². The Bertz CT molecular complexity index is 376. The highest BCUT2D eigenvalue weighted by Crippen LogP contribution is 2.38. The van der Waals surface area contributed by atoms with Gasteiger partial charge in [-0.2, -0.15) is 0 Å². The van der Waals surface area contributed by atoms with Gasteiger partial charge < -0.3 is 5.73 Å². The molecule has 0 aliphatic heterocycles. The Morgan fingerprint density at radius 1 is 1.41 bits per heavy atom. The first-order valence-corrected chi connectivity index (χ1v) is 6.69. The molecule has 0 radical (unpaired) electrons. The average Bonchev–Trinajstić information content (AvgIpc) is 3.15. The Morgan fingerprint density at radius 2 is 2.06 bits per heavy atom. The molecule has 1 saturated carbocycles. The van der Waals surface area contributed by atoms with Crippen molar-refractivity contribution < 1.29 is 0 Å². The second-order valence-corrected chi connectivity index (χ2v) is 5.42. The number of rotatable bonds is 5. The molecular weight excluding hydrogens is 232 g/mol. The Labute approximate surface area is 109 Å². The maximum Gasteiger partial charge on any atom is 0.0485 e. The number of benzene rings is 1.